The number of nitro benzene ring substituents is 1. The zero-order valence-corrected chi connectivity index (χ0v) is 7.38. The second-order valence-corrected chi connectivity index (χ2v) is 3.28. The fraction of sp³-hybridized carbons (Fsp3) is 0.333. The lowest BCUT2D eigenvalue weighted by molar-refractivity contribution is -0.384. The van der Waals surface area contributed by atoms with E-state index >= 15 is 0 Å². The van der Waals surface area contributed by atoms with E-state index in [1.165, 1.54) is 12.1 Å². The zero-order chi connectivity index (χ0) is 10.1. The molecule has 5 nitrogen and oxygen atoms in total. The summed E-state index contributed by atoms with van der Waals surface area (Å²) in [6.07, 6.45) is 0. The minimum absolute atomic E-state index is 0.0925. The van der Waals surface area contributed by atoms with Gasteiger partial charge in [0.05, 0.1) is 23.6 Å². The van der Waals surface area contributed by atoms with Crippen LogP contribution in [0.1, 0.15) is 11.6 Å². The van der Waals surface area contributed by atoms with Crippen molar-refractivity contribution in [1.29, 1.82) is 0 Å². The first kappa shape index (κ1) is 9.11. The molecule has 2 atom stereocenters. The first-order valence-electron chi connectivity index (χ1n) is 4.33. The predicted octanol–water partition coefficient (Wildman–Crippen LogP) is 0.600. The van der Waals surface area contributed by atoms with E-state index in [1.54, 1.807) is 12.1 Å². The molecule has 0 unspecified atom stereocenters. The van der Waals surface area contributed by atoms with Crippen LogP contribution in [0.15, 0.2) is 24.3 Å². The van der Waals surface area contributed by atoms with E-state index in [1.807, 2.05) is 0 Å². The molecule has 2 rings (SSSR count). The average Bonchev–Trinajstić information content (AvgIpc) is 2.97. The van der Waals surface area contributed by atoms with Crippen molar-refractivity contribution >= 4 is 5.69 Å². The maximum Gasteiger partial charge on any atom is 0.269 e. The lowest BCUT2D eigenvalue weighted by atomic mass is 10.1. The number of nitrogens with one attached hydrogen (secondary N) is 1. The van der Waals surface area contributed by atoms with Gasteiger partial charge in [-0.1, -0.05) is 12.1 Å². The summed E-state index contributed by atoms with van der Waals surface area (Å²) in [4.78, 5) is 9.95. The van der Waals surface area contributed by atoms with Gasteiger partial charge < -0.3 is 10.4 Å². The van der Waals surface area contributed by atoms with Gasteiger partial charge in [0.1, 0.15) is 0 Å². The van der Waals surface area contributed by atoms with Gasteiger partial charge in [0.25, 0.3) is 5.69 Å². The van der Waals surface area contributed by atoms with E-state index in [0.29, 0.717) is 0 Å². The minimum atomic E-state index is -0.423. The third kappa shape index (κ3) is 1.59. The van der Waals surface area contributed by atoms with E-state index in [-0.39, 0.29) is 24.4 Å². The first-order valence-corrected chi connectivity index (χ1v) is 4.33. The molecule has 1 aromatic rings. The third-order valence-electron chi connectivity index (χ3n) is 2.35. The van der Waals surface area contributed by atoms with Gasteiger partial charge in [0.15, 0.2) is 0 Å². The molecule has 0 bridgehead atoms. The molecule has 0 saturated carbocycles. The Hall–Kier alpha value is -1.46. The number of non-ortho nitro benzene ring substituents is 1. The molecule has 1 saturated heterocycles. The van der Waals surface area contributed by atoms with Crippen molar-refractivity contribution in [3.05, 3.63) is 39.9 Å². The summed E-state index contributed by atoms with van der Waals surface area (Å²) in [6.45, 7) is 0.0989. The molecular weight excluding hydrogens is 184 g/mol. The molecule has 1 aromatic carbocycles. The van der Waals surface area contributed by atoms with Crippen molar-refractivity contribution in [1.82, 2.24) is 5.32 Å². The fourth-order valence-electron chi connectivity index (χ4n) is 1.47. The Morgan fingerprint density at radius 2 is 2.07 bits per heavy atom. The van der Waals surface area contributed by atoms with Gasteiger partial charge in [0.2, 0.25) is 0 Å². The Morgan fingerprint density at radius 1 is 1.43 bits per heavy atom. The number of nitro groups is 1. The SMILES string of the molecule is O=[N+]([O-])c1ccc([C@@H]2N[C@@H]2CO)cc1. The molecule has 14 heavy (non-hydrogen) atoms. The lowest BCUT2D eigenvalue weighted by Gasteiger charge is -1.96. The van der Waals surface area contributed by atoms with E-state index < -0.39 is 4.92 Å². The van der Waals surface area contributed by atoms with E-state index in [0.717, 1.165) is 5.56 Å². The fourth-order valence-corrected chi connectivity index (χ4v) is 1.47. The maximum absolute atomic E-state index is 10.4. The first-order chi connectivity index (χ1) is 6.72. The number of nitrogens with zero attached hydrogens (tertiary/aromatic N) is 1. The molecule has 1 aliphatic heterocycles. The topological polar surface area (TPSA) is 85.3 Å². The molecule has 0 aromatic heterocycles. The number of benzene rings is 1. The van der Waals surface area contributed by atoms with Crippen molar-refractivity contribution in [3.63, 3.8) is 0 Å². The Kier molecular flexibility index (Phi) is 2.18. The Balaban J connectivity index is 2.11. The summed E-state index contributed by atoms with van der Waals surface area (Å²) < 4.78 is 0. The summed E-state index contributed by atoms with van der Waals surface area (Å²) in [5.74, 6) is 0. The molecule has 1 fully saturated rings. The number of hydrogen-bond acceptors (Lipinski definition) is 4. The van der Waals surface area contributed by atoms with Crippen LogP contribution < -0.4 is 5.32 Å². The molecule has 0 amide bonds. The van der Waals surface area contributed by atoms with Crippen LogP contribution in [0.4, 0.5) is 5.69 Å². The summed E-state index contributed by atoms with van der Waals surface area (Å²) in [7, 11) is 0. The molecule has 2 N–H and O–H groups in total. The van der Waals surface area contributed by atoms with Gasteiger partial charge in [0, 0.05) is 12.1 Å². The van der Waals surface area contributed by atoms with Crippen LogP contribution in [0.3, 0.4) is 0 Å². The molecule has 74 valence electrons. The van der Waals surface area contributed by atoms with Crippen molar-refractivity contribution in [2.45, 2.75) is 12.1 Å². The van der Waals surface area contributed by atoms with Crippen molar-refractivity contribution in [3.8, 4) is 0 Å². The molecule has 0 radical (unpaired) electrons. The molecule has 1 heterocycles. The summed E-state index contributed by atoms with van der Waals surface area (Å²) in [6, 6.07) is 6.64. The van der Waals surface area contributed by atoms with Gasteiger partial charge in [-0.25, -0.2) is 0 Å². The van der Waals surface area contributed by atoms with Crippen LogP contribution in [0.5, 0.6) is 0 Å². The molecule has 0 aliphatic carbocycles. The van der Waals surface area contributed by atoms with Gasteiger partial charge in [-0.3, -0.25) is 10.1 Å². The largest absolute Gasteiger partial charge is 0.395 e. The molecule has 0 spiro atoms. The van der Waals surface area contributed by atoms with Gasteiger partial charge >= 0.3 is 0 Å². The number of aliphatic hydroxyl groups is 1. The van der Waals surface area contributed by atoms with Gasteiger partial charge in [-0.05, 0) is 5.56 Å². The number of aliphatic hydroxyl groups excluding tert-OH is 1. The van der Waals surface area contributed by atoms with Gasteiger partial charge in [-0.15, -0.1) is 0 Å². The van der Waals surface area contributed by atoms with Crippen molar-refractivity contribution < 1.29 is 10.0 Å². The summed E-state index contributed by atoms with van der Waals surface area (Å²) >= 11 is 0. The zero-order valence-electron chi connectivity index (χ0n) is 7.38. The van der Waals surface area contributed by atoms with Crippen LogP contribution in [0.25, 0.3) is 0 Å². The van der Waals surface area contributed by atoms with Crippen molar-refractivity contribution in [2.75, 3.05) is 6.61 Å². The monoisotopic (exact) mass is 194 g/mol. The van der Waals surface area contributed by atoms with Gasteiger partial charge in [-0.2, -0.15) is 0 Å². The highest BCUT2D eigenvalue weighted by molar-refractivity contribution is 5.36. The quantitative estimate of drug-likeness (QED) is 0.419. The third-order valence-corrected chi connectivity index (χ3v) is 2.35. The Labute approximate surface area is 80.5 Å². The molecule has 5 heteroatoms. The molecular formula is C9H10N2O3. The smallest absolute Gasteiger partial charge is 0.269 e. The lowest BCUT2D eigenvalue weighted by Crippen LogP contribution is -1.96. The van der Waals surface area contributed by atoms with Crippen LogP contribution in [0, 0.1) is 10.1 Å². The van der Waals surface area contributed by atoms with Crippen molar-refractivity contribution in [2.24, 2.45) is 0 Å². The standard InChI is InChI=1S/C9H10N2O3/c12-5-8-9(10-8)6-1-3-7(4-2-6)11(13)14/h1-4,8-10,12H,5H2/t8-,9+/m1/s1. The highest BCUT2D eigenvalue weighted by Crippen LogP contribution is 2.29. The van der Waals surface area contributed by atoms with E-state index in [4.69, 9.17) is 5.11 Å². The predicted molar refractivity (Wildman–Crippen MR) is 49.8 cm³/mol. The maximum atomic E-state index is 10.4. The van der Waals surface area contributed by atoms with Crippen LogP contribution >= 0.6 is 0 Å². The highest BCUT2D eigenvalue weighted by atomic mass is 16.6. The normalized spacial score (nSPS) is 24.6. The second kappa shape index (κ2) is 3.36. The van der Waals surface area contributed by atoms with Crippen LogP contribution in [-0.4, -0.2) is 22.7 Å². The average molecular weight is 194 g/mol. The minimum Gasteiger partial charge on any atom is -0.395 e. The Bertz CT molecular complexity index is 350. The van der Waals surface area contributed by atoms with E-state index in [2.05, 4.69) is 5.32 Å². The van der Waals surface area contributed by atoms with E-state index in [9.17, 15) is 10.1 Å². The second-order valence-electron chi connectivity index (χ2n) is 3.28. The summed E-state index contributed by atoms with van der Waals surface area (Å²) in [5.41, 5.74) is 1.07. The van der Waals surface area contributed by atoms with Crippen LogP contribution in [-0.2, 0) is 0 Å². The number of hydrogen-bond donors (Lipinski definition) is 2. The summed E-state index contributed by atoms with van der Waals surface area (Å²) in [5, 5.41) is 22.2. The molecule has 1 aliphatic rings. The highest BCUT2D eigenvalue weighted by Gasteiger charge is 2.36. The van der Waals surface area contributed by atoms with Crippen LogP contribution in [0.2, 0.25) is 0 Å². The number of rotatable bonds is 3. The Morgan fingerprint density at radius 3 is 2.50 bits per heavy atom.